The summed E-state index contributed by atoms with van der Waals surface area (Å²) in [5.41, 5.74) is 3.34. The molecule has 3 rings (SSSR count). The van der Waals surface area contributed by atoms with Gasteiger partial charge in [0.25, 0.3) is 0 Å². The Kier molecular flexibility index (Phi) is 3.46. The van der Waals surface area contributed by atoms with Crippen LogP contribution in [0.4, 0.5) is 0 Å². The summed E-state index contributed by atoms with van der Waals surface area (Å²) < 4.78 is 0. The first-order valence-corrected chi connectivity index (χ1v) is 7.50. The molecule has 0 saturated heterocycles. The first-order valence-electron chi connectivity index (χ1n) is 7.12. The van der Waals surface area contributed by atoms with Crippen molar-refractivity contribution in [1.82, 2.24) is 4.98 Å². The fraction of sp³-hybridized carbons (Fsp3) is 0.211. The number of nitrogens with zero attached hydrogens (tertiary/aromatic N) is 1. The third-order valence-corrected chi connectivity index (χ3v) is 3.93. The van der Waals surface area contributed by atoms with E-state index in [1.165, 1.54) is 11.1 Å². The van der Waals surface area contributed by atoms with Crippen LogP contribution in [-0.2, 0) is 5.41 Å². The molecule has 0 amide bonds. The highest BCUT2D eigenvalue weighted by molar-refractivity contribution is 6.34. The van der Waals surface area contributed by atoms with Gasteiger partial charge in [-0.15, -0.1) is 0 Å². The highest BCUT2D eigenvalue weighted by Gasteiger charge is 2.23. The van der Waals surface area contributed by atoms with Crippen LogP contribution in [-0.4, -0.2) is 4.98 Å². The molecule has 0 N–H and O–H groups in total. The lowest BCUT2D eigenvalue weighted by atomic mass is 9.84. The van der Waals surface area contributed by atoms with Crippen molar-refractivity contribution in [2.45, 2.75) is 26.2 Å². The first kappa shape index (κ1) is 14.1. The third-order valence-electron chi connectivity index (χ3n) is 3.64. The fourth-order valence-corrected chi connectivity index (χ4v) is 2.91. The molecule has 0 radical (unpaired) electrons. The van der Waals surface area contributed by atoms with E-state index in [2.05, 4.69) is 57.2 Å². The Bertz CT molecular complexity index is 786. The standard InChI is InChI=1S/C19H18ClN/c1-19(2,3)17-16(13-9-5-4-6-10-13)14-11-7-8-12-15(14)18(20)21-17/h4-12H,1-3H3. The molecule has 0 atom stereocenters. The number of aromatic nitrogens is 1. The van der Waals surface area contributed by atoms with E-state index in [1.54, 1.807) is 0 Å². The largest absolute Gasteiger partial charge is 0.239 e. The molecule has 2 aromatic carbocycles. The molecule has 0 saturated carbocycles. The van der Waals surface area contributed by atoms with Gasteiger partial charge in [-0.2, -0.15) is 0 Å². The summed E-state index contributed by atoms with van der Waals surface area (Å²) in [5, 5.41) is 2.75. The first-order chi connectivity index (χ1) is 9.98. The van der Waals surface area contributed by atoms with E-state index in [9.17, 15) is 0 Å². The topological polar surface area (TPSA) is 12.9 Å². The van der Waals surface area contributed by atoms with Gasteiger partial charge in [-0.25, -0.2) is 4.98 Å². The van der Waals surface area contributed by atoms with Crippen LogP contribution in [0, 0.1) is 0 Å². The molecule has 0 fully saturated rings. The summed E-state index contributed by atoms with van der Waals surface area (Å²) in [6, 6.07) is 18.6. The third kappa shape index (κ3) is 2.54. The van der Waals surface area contributed by atoms with Crippen molar-refractivity contribution in [3.8, 4) is 11.1 Å². The summed E-state index contributed by atoms with van der Waals surface area (Å²) in [5.74, 6) is 0. The number of hydrogen-bond donors (Lipinski definition) is 0. The molecular weight excluding hydrogens is 278 g/mol. The van der Waals surface area contributed by atoms with Crippen molar-refractivity contribution >= 4 is 22.4 Å². The minimum Gasteiger partial charge on any atom is -0.239 e. The molecular formula is C19H18ClN. The SMILES string of the molecule is CC(C)(C)c1nc(Cl)c2ccccc2c1-c1ccccc1. The van der Waals surface area contributed by atoms with Crippen molar-refractivity contribution in [2.75, 3.05) is 0 Å². The van der Waals surface area contributed by atoms with E-state index in [4.69, 9.17) is 16.6 Å². The van der Waals surface area contributed by atoms with Crippen molar-refractivity contribution in [3.63, 3.8) is 0 Å². The molecule has 0 aliphatic heterocycles. The minimum atomic E-state index is -0.0706. The monoisotopic (exact) mass is 295 g/mol. The molecule has 1 aromatic heterocycles. The fourth-order valence-electron chi connectivity index (χ4n) is 2.66. The maximum absolute atomic E-state index is 6.42. The van der Waals surface area contributed by atoms with E-state index in [0.717, 1.165) is 16.5 Å². The Labute approximate surface area is 130 Å². The minimum absolute atomic E-state index is 0.0706. The number of fused-ring (bicyclic) bond motifs is 1. The van der Waals surface area contributed by atoms with E-state index >= 15 is 0 Å². The Balaban J connectivity index is 2.47. The van der Waals surface area contributed by atoms with Gasteiger partial charge in [0, 0.05) is 16.4 Å². The van der Waals surface area contributed by atoms with Crippen LogP contribution in [0.15, 0.2) is 54.6 Å². The van der Waals surface area contributed by atoms with Crippen molar-refractivity contribution < 1.29 is 0 Å². The second kappa shape index (κ2) is 5.16. The van der Waals surface area contributed by atoms with Crippen molar-refractivity contribution in [2.24, 2.45) is 0 Å². The lowest BCUT2D eigenvalue weighted by Crippen LogP contribution is -2.15. The lowest BCUT2D eigenvalue weighted by molar-refractivity contribution is 0.572. The van der Waals surface area contributed by atoms with Gasteiger partial charge in [0.2, 0.25) is 0 Å². The highest BCUT2D eigenvalue weighted by Crippen LogP contribution is 2.39. The molecule has 2 heteroatoms. The molecule has 1 nitrogen and oxygen atoms in total. The number of rotatable bonds is 1. The molecule has 21 heavy (non-hydrogen) atoms. The van der Waals surface area contributed by atoms with Gasteiger partial charge in [-0.1, -0.05) is 87.0 Å². The van der Waals surface area contributed by atoms with Gasteiger partial charge in [0.05, 0.1) is 5.69 Å². The normalized spacial score (nSPS) is 11.8. The van der Waals surface area contributed by atoms with E-state index < -0.39 is 0 Å². The smallest absolute Gasteiger partial charge is 0.137 e. The molecule has 106 valence electrons. The maximum atomic E-state index is 6.42. The Morgan fingerprint density at radius 1 is 0.810 bits per heavy atom. The van der Waals surface area contributed by atoms with E-state index in [1.807, 2.05) is 18.2 Å². The average Bonchev–Trinajstić information content (AvgIpc) is 2.47. The Morgan fingerprint density at radius 2 is 1.38 bits per heavy atom. The quantitative estimate of drug-likeness (QED) is 0.513. The molecule has 0 unspecified atom stereocenters. The van der Waals surface area contributed by atoms with Crippen LogP contribution in [0.25, 0.3) is 21.9 Å². The van der Waals surface area contributed by atoms with E-state index in [-0.39, 0.29) is 5.41 Å². The summed E-state index contributed by atoms with van der Waals surface area (Å²) in [7, 11) is 0. The predicted molar refractivity (Wildman–Crippen MR) is 90.9 cm³/mol. The van der Waals surface area contributed by atoms with Crippen LogP contribution in [0.3, 0.4) is 0 Å². The van der Waals surface area contributed by atoms with Gasteiger partial charge in [0.1, 0.15) is 5.15 Å². The van der Waals surface area contributed by atoms with E-state index in [0.29, 0.717) is 5.15 Å². The molecule has 3 aromatic rings. The summed E-state index contributed by atoms with van der Waals surface area (Å²) in [4.78, 5) is 4.71. The van der Waals surface area contributed by atoms with Crippen LogP contribution in [0.2, 0.25) is 5.15 Å². The summed E-state index contributed by atoms with van der Waals surface area (Å²) in [6.45, 7) is 6.52. The second-order valence-electron chi connectivity index (χ2n) is 6.29. The van der Waals surface area contributed by atoms with Gasteiger partial charge in [-0.05, 0) is 10.9 Å². The number of pyridine rings is 1. The lowest BCUT2D eigenvalue weighted by Gasteiger charge is -2.24. The predicted octanol–water partition coefficient (Wildman–Crippen LogP) is 5.85. The Hall–Kier alpha value is -1.86. The zero-order valence-corrected chi connectivity index (χ0v) is 13.3. The Morgan fingerprint density at radius 3 is 2.00 bits per heavy atom. The zero-order chi connectivity index (χ0) is 15.0. The van der Waals surface area contributed by atoms with Gasteiger partial charge in [-0.3, -0.25) is 0 Å². The van der Waals surface area contributed by atoms with Crippen molar-refractivity contribution in [3.05, 3.63) is 65.4 Å². The van der Waals surface area contributed by atoms with Gasteiger partial charge < -0.3 is 0 Å². The summed E-state index contributed by atoms with van der Waals surface area (Å²) >= 11 is 6.42. The van der Waals surface area contributed by atoms with Crippen molar-refractivity contribution in [1.29, 1.82) is 0 Å². The number of halogens is 1. The zero-order valence-electron chi connectivity index (χ0n) is 12.5. The number of hydrogen-bond acceptors (Lipinski definition) is 1. The van der Waals surface area contributed by atoms with Gasteiger partial charge >= 0.3 is 0 Å². The average molecular weight is 296 g/mol. The van der Waals surface area contributed by atoms with Crippen LogP contribution >= 0.6 is 11.6 Å². The van der Waals surface area contributed by atoms with Crippen LogP contribution < -0.4 is 0 Å². The van der Waals surface area contributed by atoms with Crippen LogP contribution in [0.5, 0.6) is 0 Å². The molecule has 0 spiro atoms. The molecule has 0 bridgehead atoms. The second-order valence-corrected chi connectivity index (χ2v) is 6.65. The molecule has 0 aliphatic rings. The van der Waals surface area contributed by atoms with Gasteiger partial charge in [0.15, 0.2) is 0 Å². The summed E-state index contributed by atoms with van der Waals surface area (Å²) in [6.07, 6.45) is 0. The number of benzene rings is 2. The molecule has 1 heterocycles. The van der Waals surface area contributed by atoms with Crippen LogP contribution in [0.1, 0.15) is 26.5 Å². The molecule has 0 aliphatic carbocycles. The maximum Gasteiger partial charge on any atom is 0.137 e. The highest BCUT2D eigenvalue weighted by atomic mass is 35.5.